The van der Waals surface area contributed by atoms with Gasteiger partial charge in [-0.05, 0) is 25.7 Å². The highest BCUT2D eigenvalue weighted by atomic mass is 16.5. The maximum Gasteiger partial charge on any atom is 0.223 e. The van der Waals surface area contributed by atoms with Crippen molar-refractivity contribution >= 4 is 5.91 Å². The Hall–Kier alpha value is -0.610. The summed E-state index contributed by atoms with van der Waals surface area (Å²) in [6.07, 6.45) is 2.74. The first-order chi connectivity index (χ1) is 7.27. The van der Waals surface area contributed by atoms with Crippen molar-refractivity contribution in [3.05, 3.63) is 0 Å². The van der Waals surface area contributed by atoms with Crippen molar-refractivity contribution < 1.29 is 9.53 Å². The fourth-order valence-electron chi connectivity index (χ4n) is 1.99. The van der Waals surface area contributed by atoms with Gasteiger partial charge in [0.1, 0.15) is 0 Å². The van der Waals surface area contributed by atoms with E-state index in [9.17, 15) is 4.79 Å². The molecule has 0 unspecified atom stereocenters. The Labute approximate surface area is 91.8 Å². The molecule has 2 N–H and O–H groups in total. The highest BCUT2D eigenvalue weighted by molar-refractivity contribution is 5.76. The Morgan fingerprint density at radius 1 is 1.60 bits per heavy atom. The molecule has 0 aromatic rings. The first-order valence-electron chi connectivity index (χ1n) is 5.83. The van der Waals surface area contributed by atoms with Crippen molar-refractivity contribution in [1.82, 2.24) is 4.90 Å². The number of nitrogens with zero attached hydrogens (tertiary/aromatic N) is 1. The van der Waals surface area contributed by atoms with E-state index in [2.05, 4.69) is 0 Å². The van der Waals surface area contributed by atoms with Crippen LogP contribution >= 0.6 is 0 Å². The lowest BCUT2D eigenvalue weighted by Gasteiger charge is -2.32. The second-order valence-electron chi connectivity index (χ2n) is 4.05. The van der Waals surface area contributed by atoms with E-state index in [1.165, 1.54) is 6.42 Å². The number of hydrogen-bond donors (Lipinski definition) is 1. The van der Waals surface area contributed by atoms with Crippen LogP contribution in [0.5, 0.6) is 0 Å². The summed E-state index contributed by atoms with van der Waals surface area (Å²) >= 11 is 0. The molecule has 1 aliphatic heterocycles. The van der Waals surface area contributed by atoms with Crippen LogP contribution in [0.4, 0.5) is 0 Å². The van der Waals surface area contributed by atoms with E-state index in [1.807, 2.05) is 11.8 Å². The number of ether oxygens (including phenoxy) is 1. The number of piperidine rings is 1. The van der Waals surface area contributed by atoms with Gasteiger partial charge < -0.3 is 15.4 Å². The Morgan fingerprint density at radius 2 is 2.40 bits per heavy atom. The van der Waals surface area contributed by atoms with Crippen LogP contribution in [0.2, 0.25) is 0 Å². The summed E-state index contributed by atoms with van der Waals surface area (Å²) in [6, 6.07) is 0. The lowest BCUT2D eigenvalue weighted by Crippen LogP contribution is -2.41. The molecule has 0 saturated carbocycles. The predicted molar refractivity (Wildman–Crippen MR) is 59.5 cm³/mol. The van der Waals surface area contributed by atoms with Crippen molar-refractivity contribution in [2.24, 2.45) is 11.7 Å². The number of amides is 1. The molecule has 1 heterocycles. The Bertz CT molecular complexity index is 197. The summed E-state index contributed by atoms with van der Waals surface area (Å²) in [7, 11) is 0. The minimum atomic E-state index is 0.193. The molecular formula is C11H22N2O2. The van der Waals surface area contributed by atoms with Gasteiger partial charge in [-0.2, -0.15) is 0 Å². The van der Waals surface area contributed by atoms with Gasteiger partial charge >= 0.3 is 0 Å². The van der Waals surface area contributed by atoms with Gasteiger partial charge in [-0.3, -0.25) is 4.79 Å². The Kier molecular flexibility index (Phi) is 5.65. The monoisotopic (exact) mass is 214 g/mol. The van der Waals surface area contributed by atoms with Crippen LogP contribution in [-0.4, -0.2) is 43.7 Å². The summed E-state index contributed by atoms with van der Waals surface area (Å²) < 4.78 is 5.40. The molecule has 4 heteroatoms. The SMILES string of the molecule is CCOC[C@H]1CCCN(C(=O)CCN)C1. The van der Waals surface area contributed by atoms with Crippen LogP contribution in [0.1, 0.15) is 26.2 Å². The van der Waals surface area contributed by atoms with Gasteiger partial charge in [-0.25, -0.2) is 0 Å². The van der Waals surface area contributed by atoms with Crippen molar-refractivity contribution in [2.45, 2.75) is 26.2 Å². The third-order valence-corrected chi connectivity index (χ3v) is 2.79. The number of nitrogens with two attached hydrogens (primary N) is 1. The molecule has 0 spiro atoms. The second kappa shape index (κ2) is 6.80. The van der Waals surface area contributed by atoms with Crippen LogP contribution in [0.25, 0.3) is 0 Å². The first kappa shape index (κ1) is 12.5. The zero-order chi connectivity index (χ0) is 11.1. The molecule has 1 saturated heterocycles. The fraction of sp³-hybridized carbons (Fsp3) is 0.909. The van der Waals surface area contributed by atoms with Crippen LogP contribution in [0, 0.1) is 5.92 Å². The minimum Gasteiger partial charge on any atom is -0.381 e. The largest absolute Gasteiger partial charge is 0.381 e. The van der Waals surface area contributed by atoms with E-state index in [0.717, 1.165) is 32.7 Å². The molecule has 1 aliphatic rings. The zero-order valence-corrected chi connectivity index (χ0v) is 9.58. The molecule has 0 aliphatic carbocycles. The van der Waals surface area contributed by atoms with Crippen molar-refractivity contribution in [3.8, 4) is 0 Å². The highest BCUT2D eigenvalue weighted by Crippen LogP contribution is 2.17. The van der Waals surface area contributed by atoms with E-state index < -0.39 is 0 Å². The smallest absolute Gasteiger partial charge is 0.223 e. The standard InChI is InChI=1S/C11H22N2O2/c1-2-15-9-10-4-3-7-13(8-10)11(14)5-6-12/h10H,2-9,12H2,1H3/t10-/m0/s1. The van der Waals surface area contributed by atoms with Crippen molar-refractivity contribution in [3.63, 3.8) is 0 Å². The summed E-state index contributed by atoms with van der Waals surface area (Å²) in [6.45, 7) is 5.72. The number of carbonyl (C=O) groups excluding carboxylic acids is 1. The van der Waals surface area contributed by atoms with E-state index >= 15 is 0 Å². The highest BCUT2D eigenvalue weighted by Gasteiger charge is 2.22. The third-order valence-electron chi connectivity index (χ3n) is 2.79. The average Bonchev–Trinajstić information content (AvgIpc) is 2.27. The quantitative estimate of drug-likeness (QED) is 0.729. The molecule has 0 aromatic carbocycles. The normalized spacial score (nSPS) is 21.7. The van der Waals surface area contributed by atoms with Gasteiger partial charge in [0.15, 0.2) is 0 Å². The molecule has 1 amide bonds. The van der Waals surface area contributed by atoms with Crippen LogP contribution in [-0.2, 0) is 9.53 Å². The van der Waals surface area contributed by atoms with Crippen LogP contribution in [0.3, 0.4) is 0 Å². The first-order valence-corrected chi connectivity index (χ1v) is 5.83. The van der Waals surface area contributed by atoms with Gasteiger partial charge in [0.2, 0.25) is 5.91 Å². The summed E-state index contributed by atoms with van der Waals surface area (Å²) in [5.41, 5.74) is 5.38. The van der Waals surface area contributed by atoms with Gasteiger partial charge in [0.05, 0.1) is 6.61 Å². The van der Waals surface area contributed by atoms with E-state index in [0.29, 0.717) is 18.9 Å². The minimum absolute atomic E-state index is 0.193. The number of carbonyl (C=O) groups is 1. The molecule has 1 fully saturated rings. The second-order valence-corrected chi connectivity index (χ2v) is 4.05. The fourth-order valence-corrected chi connectivity index (χ4v) is 1.99. The third kappa shape index (κ3) is 4.18. The van der Waals surface area contributed by atoms with E-state index in [4.69, 9.17) is 10.5 Å². The van der Waals surface area contributed by atoms with E-state index in [-0.39, 0.29) is 5.91 Å². The summed E-state index contributed by atoms with van der Waals surface area (Å²) in [4.78, 5) is 13.6. The van der Waals surface area contributed by atoms with Crippen LogP contribution < -0.4 is 5.73 Å². The average molecular weight is 214 g/mol. The summed E-state index contributed by atoms with van der Waals surface area (Å²) in [5.74, 6) is 0.708. The number of hydrogen-bond acceptors (Lipinski definition) is 3. The predicted octanol–water partition coefficient (Wildman–Crippen LogP) is 0.610. The Morgan fingerprint density at radius 3 is 3.07 bits per heavy atom. The Balaban J connectivity index is 2.31. The lowest BCUT2D eigenvalue weighted by atomic mass is 9.99. The lowest BCUT2D eigenvalue weighted by molar-refractivity contribution is -0.133. The maximum atomic E-state index is 11.6. The number of rotatable bonds is 5. The zero-order valence-electron chi connectivity index (χ0n) is 9.58. The van der Waals surface area contributed by atoms with Crippen molar-refractivity contribution in [2.75, 3.05) is 32.8 Å². The van der Waals surface area contributed by atoms with Gasteiger partial charge in [-0.15, -0.1) is 0 Å². The topological polar surface area (TPSA) is 55.6 Å². The van der Waals surface area contributed by atoms with Crippen LogP contribution in [0.15, 0.2) is 0 Å². The molecule has 15 heavy (non-hydrogen) atoms. The molecule has 0 radical (unpaired) electrons. The molecular weight excluding hydrogens is 192 g/mol. The van der Waals surface area contributed by atoms with Crippen molar-refractivity contribution in [1.29, 1.82) is 0 Å². The molecule has 0 bridgehead atoms. The number of likely N-dealkylation sites (tertiary alicyclic amines) is 1. The van der Waals surface area contributed by atoms with Gasteiger partial charge in [0, 0.05) is 32.7 Å². The molecule has 0 aromatic heterocycles. The van der Waals surface area contributed by atoms with Gasteiger partial charge in [-0.1, -0.05) is 0 Å². The van der Waals surface area contributed by atoms with Gasteiger partial charge in [0.25, 0.3) is 0 Å². The molecule has 88 valence electrons. The molecule has 4 nitrogen and oxygen atoms in total. The van der Waals surface area contributed by atoms with E-state index in [1.54, 1.807) is 0 Å². The molecule has 1 rings (SSSR count). The summed E-state index contributed by atoms with van der Waals surface area (Å²) in [5, 5.41) is 0. The molecule has 1 atom stereocenters. The maximum absolute atomic E-state index is 11.6.